The van der Waals surface area contributed by atoms with Gasteiger partial charge in [0.25, 0.3) is 0 Å². The van der Waals surface area contributed by atoms with Gasteiger partial charge in [0.15, 0.2) is 0 Å². The van der Waals surface area contributed by atoms with E-state index in [1.165, 1.54) is 18.3 Å². The van der Waals surface area contributed by atoms with E-state index in [0.717, 1.165) is 5.56 Å². The molecule has 3 N–H and O–H groups in total. The lowest BCUT2D eigenvalue weighted by Crippen LogP contribution is -2.13. The number of nitrogens with zero attached hydrogens (tertiary/aromatic N) is 1. The number of nitrogen functional groups attached to an aromatic ring is 1. The number of halogens is 1. The summed E-state index contributed by atoms with van der Waals surface area (Å²) in [6.07, 6.45) is 2.16. The molecule has 0 aliphatic heterocycles. The molecule has 0 saturated heterocycles. The second-order valence-corrected chi connectivity index (χ2v) is 4.12. The Labute approximate surface area is 110 Å². The number of nitrogens with one attached hydrogen (secondary N) is 1. The molecule has 2 rings (SSSR count). The van der Waals surface area contributed by atoms with Crippen LogP contribution < -0.4 is 11.1 Å². The number of aromatic nitrogens is 1. The van der Waals surface area contributed by atoms with Crippen LogP contribution in [-0.4, -0.2) is 10.9 Å². The lowest BCUT2D eigenvalue weighted by molar-refractivity contribution is -0.116. The molecule has 5 heteroatoms. The Kier molecular flexibility index (Phi) is 4.07. The van der Waals surface area contributed by atoms with E-state index in [1.807, 2.05) is 18.2 Å². The molecule has 1 heterocycles. The topological polar surface area (TPSA) is 68.0 Å². The molecule has 0 atom stereocenters. The molecule has 1 amide bonds. The van der Waals surface area contributed by atoms with Gasteiger partial charge in [-0.1, -0.05) is 18.2 Å². The van der Waals surface area contributed by atoms with Crippen LogP contribution in [0.15, 0.2) is 42.6 Å². The molecule has 0 radical (unpaired) electrons. The third-order valence-corrected chi connectivity index (χ3v) is 2.69. The minimum absolute atomic E-state index is 0.156. The molecule has 0 bridgehead atoms. The van der Waals surface area contributed by atoms with E-state index in [-0.39, 0.29) is 5.91 Å². The molecule has 1 aromatic heterocycles. The van der Waals surface area contributed by atoms with Gasteiger partial charge in [-0.25, -0.2) is 4.98 Å². The normalized spacial score (nSPS) is 10.2. The molecule has 0 spiro atoms. The van der Waals surface area contributed by atoms with Gasteiger partial charge in [-0.2, -0.15) is 4.39 Å². The summed E-state index contributed by atoms with van der Waals surface area (Å²) in [4.78, 5) is 15.2. The minimum atomic E-state index is -0.574. The van der Waals surface area contributed by atoms with Gasteiger partial charge >= 0.3 is 0 Å². The fourth-order valence-corrected chi connectivity index (χ4v) is 1.68. The predicted octanol–water partition coefficient (Wildman–Crippen LogP) is 2.37. The molecule has 0 unspecified atom stereocenters. The molecule has 0 fully saturated rings. The lowest BCUT2D eigenvalue weighted by atomic mass is 10.1. The number of benzene rings is 1. The Morgan fingerprint density at radius 3 is 2.74 bits per heavy atom. The number of amides is 1. The van der Waals surface area contributed by atoms with Crippen molar-refractivity contribution >= 4 is 17.3 Å². The maximum absolute atomic E-state index is 12.6. The van der Waals surface area contributed by atoms with Crippen LogP contribution in [0.25, 0.3) is 0 Å². The zero-order valence-electron chi connectivity index (χ0n) is 10.3. The zero-order chi connectivity index (χ0) is 13.7. The first-order valence-corrected chi connectivity index (χ1v) is 5.90. The van der Waals surface area contributed by atoms with E-state index in [0.29, 0.717) is 24.2 Å². The van der Waals surface area contributed by atoms with Gasteiger partial charge in [-0.15, -0.1) is 0 Å². The van der Waals surface area contributed by atoms with E-state index < -0.39 is 5.95 Å². The standard InChI is InChI=1S/C14H14FN3O/c15-13-7-6-11(9-17-13)18-14(19)8-5-10-3-1-2-4-12(10)16/h1-4,6-7,9H,5,8,16H2,(H,18,19). The van der Waals surface area contributed by atoms with E-state index in [4.69, 9.17) is 5.73 Å². The summed E-state index contributed by atoms with van der Waals surface area (Å²) < 4.78 is 12.6. The van der Waals surface area contributed by atoms with Gasteiger partial charge in [-0.05, 0) is 30.2 Å². The highest BCUT2D eigenvalue weighted by atomic mass is 19.1. The van der Waals surface area contributed by atoms with Crippen molar-refractivity contribution in [3.05, 3.63) is 54.1 Å². The fraction of sp³-hybridized carbons (Fsp3) is 0.143. The number of carbonyl (C=O) groups excluding carboxylic acids is 1. The van der Waals surface area contributed by atoms with E-state index >= 15 is 0 Å². The number of carbonyl (C=O) groups is 1. The summed E-state index contributed by atoms with van der Waals surface area (Å²) in [5, 5.41) is 2.65. The zero-order valence-corrected chi connectivity index (χ0v) is 10.3. The van der Waals surface area contributed by atoms with E-state index in [9.17, 15) is 9.18 Å². The number of hydrogen-bond donors (Lipinski definition) is 2. The van der Waals surface area contributed by atoms with Gasteiger partial charge in [0, 0.05) is 12.1 Å². The Hall–Kier alpha value is -2.43. The van der Waals surface area contributed by atoms with Crippen LogP contribution in [0.2, 0.25) is 0 Å². The minimum Gasteiger partial charge on any atom is -0.399 e. The Balaban J connectivity index is 1.88. The van der Waals surface area contributed by atoms with Gasteiger partial charge in [0.05, 0.1) is 11.9 Å². The van der Waals surface area contributed by atoms with Crippen LogP contribution >= 0.6 is 0 Å². The Morgan fingerprint density at radius 1 is 1.26 bits per heavy atom. The molecule has 4 nitrogen and oxygen atoms in total. The Morgan fingerprint density at radius 2 is 2.05 bits per heavy atom. The Bertz CT molecular complexity index is 569. The monoisotopic (exact) mass is 259 g/mol. The van der Waals surface area contributed by atoms with Crippen molar-refractivity contribution in [3.63, 3.8) is 0 Å². The predicted molar refractivity (Wildman–Crippen MR) is 72.0 cm³/mol. The highest BCUT2D eigenvalue weighted by molar-refractivity contribution is 5.90. The van der Waals surface area contributed by atoms with Crippen molar-refractivity contribution in [1.82, 2.24) is 4.98 Å². The van der Waals surface area contributed by atoms with Crippen LogP contribution in [0, 0.1) is 5.95 Å². The number of rotatable bonds is 4. The first-order chi connectivity index (χ1) is 9.15. The summed E-state index contributed by atoms with van der Waals surface area (Å²) in [7, 11) is 0. The second-order valence-electron chi connectivity index (χ2n) is 4.12. The van der Waals surface area contributed by atoms with Crippen LogP contribution in [0.1, 0.15) is 12.0 Å². The van der Waals surface area contributed by atoms with Crippen LogP contribution in [-0.2, 0) is 11.2 Å². The van der Waals surface area contributed by atoms with Crippen molar-refractivity contribution in [2.75, 3.05) is 11.1 Å². The molecule has 98 valence electrons. The third kappa shape index (κ3) is 3.77. The SMILES string of the molecule is Nc1ccccc1CCC(=O)Nc1ccc(F)nc1. The van der Waals surface area contributed by atoms with Crippen LogP contribution in [0.5, 0.6) is 0 Å². The summed E-state index contributed by atoms with van der Waals surface area (Å²) in [5.41, 5.74) is 7.89. The second kappa shape index (κ2) is 5.95. The number of pyridine rings is 1. The average Bonchev–Trinajstić information content (AvgIpc) is 2.40. The molecule has 19 heavy (non-hydrogen) atoms. The number of hydrogen-bond acceptors (Lipinski definition) is 3. The third-order valence-electron chi connectivity index (χ3n) is 2.69. The summed E-state index contributed by atoms with van der Waals surface area (Å²) >= 11 is 0. The number of anilines is 2. The van der Waals surface area contributed by atoms with Crippen LogP contribution in [0.4, 0.5) is 15.8 Å². The van der Waals surface area contributed by atoms with Gasteiger partial charge in [-0.3, -0.25) is 4.79 Å². The van der Waals surface area contributed by atoms with Gasteiger partial charge < -0.3 is 11.1 Å². The average molecular weight is 259 g/mol. The van der Waals surface area contributed by atoms with E-state index in [1.54, 1.807) is 6.07 Å². The fourth-order valence-electron chi connectivity index (χ4n) is 1.68. The van der Waals surface area contributed by atoms with E-state index in [2.05, 4.69) is 10.3 Å². The summed E-state index contributed by atoms with van der Waals surface area (Å²) in [6.45, 7) is 0. The smallest absolute Gasteiger partial charge is 0.224 e. The molecule has 1 aromatic carbocycles. The van der Waals surface area contributed by atoms with Gasteiger partial charge in [0.1, 0.15) is 0 Å². The van der Waals surface area contributed by atoms with Crippen molar-refractivity contribution in [2.45, 2.75) is 12.8 Å². The largest absolute Gasteiger partial charge is 0.399 e. The summed E-state index contributed by atoms with van der Waals surface area (Å²) in [5.74, 6) is -0.730. The highest BCUT2D eigenvalue weighted by Crippen LogP contribution is 2.13. The molecule has 2 aromatic rings. The first-order valence-electron chi connectivity index (χ1n) is 5.90. The van der Waals surface area contributed by atoms with Crippen LogP contribution in [0.3, 0.4) is 0 Å². The van der Waals surface area contributed by atoms with Crippen molar-refractivity contribution in [2.24, 2.45) is 0 Å². The lowest BCUT2D eigenvalue weighted by Gasteiger charge is -2.06. The van der Waals surface area contributed by atoms with Crippen molar-refractivity contribution in [3.8, 4) is 0 Å². The summed E-state index contributed by atoms with van der Waals surface area (Å²) in [6, 6.07) is 10.1. The van der Waals surface area contributed by atoms with Crippen molar-refractivity contribution < 1.29 is 9.18 Å². The quantitative estimate of drug-likeness (QED) is 0.654. The van der Waals surface area contributed by atoms with Crippen molar-refractivity contribution in [1.29, 1.82) is 0 Å². The number of aryl methyl sites for hydroxylation is 1. The number of para-hydroxylation sites is 1. The molecular formula is C14H14FN3O. The molecular weight excluding hydrogens is 245 g/mol. The first kappa shape index (κ1) is 13.0. The maximum Gasteiger partial charge on any atom is 0.224 e. The molecule has 0 aliphatic carbocycles. The highest BCUT2D eigenvalue weighted by Gasteiger charge is 2.05. The molecule has 0 aliphatic rings. The maximum atomic E-state index is 12.6. The van der Waals surface area contributed by atoms with Gasteiger partial charge in [0.2, 0.25) is 11.9 Å². The number of nitrogens with two attached hydrogens (primary N) is 1. The molecule has 0 saturated carbocycles.